The van der Waals surface area contributed by atoms with Crippen LogP contribution < -0.4 is 0 Å². The Hall–Kier alpha value is -1.57. The molecule has 2 heteroatoms. The van der Waals surface area contributed by atoms with Crippen molar-refractivity contribution < 1.29 is 9.53 Å². The van der Waals surface area contributed by atoms with Crippen molar-refractivity contribution in [3.8, 4) is 0 Å². The number of carbonyl (C=O) groups excluding carboxylic acids is 1. The van der Waals surface area contributed by atoms with E-state index in [0.29, 0.717) is 12.0 Å². The molecule has 0 bridgehead atoms. The molecular formula is C17H22O2. The zero-order valence-corrected chi connectivity index (χ0v) is 11.4. The molecule has 2 rings (SSSR count). The summed E-state index contributed by atoms with van der Waals surface area (Å²) in [6.07, 6.45) is 7.28. The fourth-order valence-corrected chi connectivity index (χ4v) is 2.46. The van der Waals surface area contributed by atoms with Crippen LogP contribution in [-0.2, 0) is 16.0 Å². The summed E-state index contributed by atoms with van der Waals surface area (Å²) < 4.78 is 5.50. The van der Waals surface area contributed by atoms with E-state index in [2.05, 4.69) is 18.7 Å². The number of aryl methyl sites for hydroxylation is 1. The zero-order valence-electron chi connectivity index (χ0n) is 11.4. The van der Waals surface area contributed by atoms with Crippen LogP contribution in [0.5, 0.6) is 0 Å². The average molecular weight is 258 g/mol. The zero-order chi connectivity index (χ0) is 13.5. The normalized spacial score (nSPS) is 16.0. The lowest BCUT2D eigenvalue weighted by Crippen LogP contribution is -2.21. The van der Waals surface area contributed by atoms with Gasteiger partial charge in [-0.15, -0.1) is 0 Å². The predicted octanol–water partition coefficient (Wildman–Crippen LogP) is 4.05. The van der Waals surface area contributed by atoms with E-state index in [1.54, 1.807) is 0 Å². The second-order valence-corrected chi connectivity index (χ2v) is 5.25. The Bertz CT molecular complexity index is 416. The summed E-state index contributed by atoms with van der Waals surface area (Å²) >= 11 is 0. The third-order valence-corrected chi connectivity index (χ3v) is 3.67. The highest BCUT2D eigenvalue weighted by molar-refractivity contribution is 5.87. The molecule has 1 saturated carbocycles. The third-order valence-electron chi connectivity index (χ3n) is 3.67. The van der Waals surface area contributed by atoms with E-state index in [9.17, 15) is 4.79 Å². The molecule has 0 N–H and O–H groups in total. The van der Waals surface area contributed by atoms with Crippen molar-refractivity contribution in [2.45, 2.75) is 51.0 Å². The maximum Gasteiger partial charge on any atom is 0.333 e. The van der Waals surface area contributed by atoms with Crippen molar-refractivity contribution in [2.75, 3.05) is 0 Å². The Labute approximate surface area is 115 Å². The summed E-state index contributed by atoms with van der Waals surface area (Å²) in [5.74, 6) is -0.206. The molecule has 1 aliphatic carbocycles. The first-order chi connectivity index (χ1) is 9.25. The Morgan fingerprint density at radius 2 is 1.84 bits per heavy atom. The molecule has 0 aromatic heterocycles. The quantitative estimate of drug-likeness (QED) is 0.588. The van der Waals surface area contributed by atoms with Gasteiger partial charge in [-0.25, -0.2) is 4.79 Å². The van der Waals surface area contributed by atoms with Crippen LogP contribution in [0.15, 0.2) is 42.5 Å². The molecule has 102 valence electrons. The molecule has 2 nitrogen and oxygen atoms in total. The molecule has 0 unspecified atom stereocenters. The molecular weight excluding hydrogens is 236 g/mol. The molecule has 1 fully saturated rings. The lowest BCUT2D eigenvalue weighted by Gasteiger charge is -2.22. The molecule has 0 atom stereocenters. The minimum Gasteiger partial charge on any atom is -0.459 e. The highest BCUT2D eigenvalue weighted by Gasteiger charge is 2.19. The van der Waals surface area contributed by atoms with Gasteiger partial charge in [0, 0.05) is 5.57 Å². The van der Waals surface area contributed by atoms with Gasteiger partial charge >= 0.3 is 5.97 Å². The molecule has 1 aliphatic rings. The predicted molar refractivity (Wildman–Crippen MR) is 76.9 cm³/mol. The molecule has 0 saturated heterocycles. The van der Waals surface area contributed by atoms with Crippen LogP contribution in [0.3, 0.4) is 0 Å². The van der Waals surface area contributed by atoms with Gasteiger partial charge in [0.2, 0.25) is 0 Å². The molecule has 0 aliphatic heterocycles. The number of carbonyl (C=O) groups is 1. The van der Waals surface area contributed by atoms with E-state index >= 15 is 0 Å². The Morgan fingerprint density at radius 3 is 2.53 bits per heavy atom. The fraction of sp³-hybridized carbons (Fsp3) is 0.471. The summed E-state index contributed by atoms with van der Waals surface area (Å²) in [4.78, 5) is 11.9. The minimum absolute atomic E-state index is 0.120. The van der Waals surface area contributed by atoms with E-state index in [1.165, 1.54) is 24.8 Å². The van der Waals surface area contributed by atoms with Crippen LogP contribution in [0.25, 0.3) is 0 Å². The van der Waals surface area contributed by atoms with E-state index in [-0.39, 0.29) is 12.1 Å². The molecule has 0 heterocycles. The lowest BCUT2D eigenvalue weighted by atomic mass is 9.97. The highest BCUT2D eigenvalue weighted by atomic mass is 16.5. The van der Waals surface area contributed by atoms with Crippen molar-refractivity contribution in [2.24, 2.45) is 0 Å². The fourth-order valence-electron chi connectivity index (χ4n) is 2.46. The average Bonchev–Trinajstić information content (AvgIpc) is 2.47. The molecule has 1 aromatic carbocycles. The van der Waals surface area contributed by atoms with Gasteiger partial charge in [-0.1, -0.05) is 43.3 Å². The monoisotopic (exact) mass is 258 g/mol. The summed E-state index contributed by atoms with van der Waals surface area (Å²) in [5, 5.41) is 0. The summed E-state index contributed by atoms with van der Waals surface area (Å²) in [6.45, 7) is 3.86. The van der Waals surface area contributed by atoms with Crippen molar-refractivity contribution in [1.82, 2.24) is 0 Å². The van der Waals surface area contributed by atoms with Crippen molar-refractivity contribution >= 4 is 5.97 Å². The van der Waals surface area contributed by atoms with Gasteiger partial charge in [0.15, 0.2) is 0 Å². The smallest absolute Gasteiger partial charge is 0.333 e. The molecule has 1 aromatic rings. The lowest BCUT2D eigenvalue weighted by molar-refractivity contribution is -0.145. The van der Waals surface area contributed by atoms with Gasteiger partial charge in [0.05, 0.1) is 0 Å². The van der Waals surface area contributed by atoms with Crippen molar-refractivity contribution in [3.05, 3.63) is 48.0 Å². The second-order valence-electron chi connectivity index (χ2n) is 5.25. The maximum absolute atomic E-state index is 11.9. The Kier molecular flexibility index (Phi) is 5.20. The Balaban J connectivity index is 1.74. The SMILES string of the molecule is C=C(CCc1ccccc1)C(=O)OC1CCCCC1. The number of hydrogen-bond donors (Lipinski definition) is 0. The second kappa shape index (κ2) is 7.13. The van der Waals surface area contributed by atoms with Crippen LogP contribution in [-0.4, -0.2) is 12.1 Å². The minimum atomic E-state index is -0.206. The first-order valence-electron chi connectivity index (χ1n) is 7.18. The molecule has 0 radical (unpaired) electrons. The van der Waals surface area contributed by atoms with Crippen molar-refractivity contribution in [1.29, 1.82) is 0 Å². The van der Waals surface area contributed by atoms with Crippen LogP contribution in [0.2, 0.25) is 0 Å². The van der Waals surface area contributed by atoms with Gasteiger partial charge in [-0.2, -0.15) is 0 Å². The van der Waals surface area contributed by atoms with Gasteiger partial charge < -0.3 is 4.74 Å². The summed E-state index contributed by atoms with van der Waals surface area (Å²) in [5.41, 5.74) is 1.82. The van der Waals surface area contributed by atoms with Crippen LogP contribution in [0.1, 0.15) is 44.1 Å². The van der Waals surface area contributed by atoms with Crippen LogP contribution >= 0.6 is 0 Å². The third kappa shape index (κ3) is 4.55. The molecule has 19 heavy (non-hydrogen) atoms. The van der Waals surface area contributed by atoms with Crippen molar-refractivity contribution in [3.63, 3.8) is 0 Å². The first-order valence-corrected chi connectivity index (χ1v) is 7.18. The van der Waals surface area contributed by atoms with Gasteiger partial charge in [0.25, 0.3) is 0 Å². The standard InChI is InChI=1S/C17H22O2/c1-14(12-13-15-8-4-2-5-9-15)17(18)19-16-10-6-3-7-11-16/h2,4-5,8-9,16H,1,3,6-7,10-13H2. The van der Waals surface area contributed by atoms with Crippen LogP contribution in [0.4, 0.5) is 0 Å². The summed E-state index contributed by atoms with van der Waals surface area (Å²) in [6, 6.07) is 10.2. The largest absolute Gasteiger partial charge is 0.459 e. The highest BCUT2D eigenvalue weighted by Crippen LogP contribution is 2.21. The summed E-state index contributed by atoms with van der Waals surface area (Å²) in [7, 11) is 0. The maximum atomic E-state index is 11.9. The Morgan fingerprint density at radius 1 is 1.16 bits per heavy atom. The van der Waals surface area contributed by atoms with E-state index in [4.69, 9.17) is 4.74 Å². The van der Waals surface area contributed by atoms with E-state index in [1.807, 2.05) is 18.2 Å². The van der Waals surface area contributed by atoms with Gasteiger partial charge in [0.1, 0.15) is 6.10 Å². The number of rotatable bonds is 5. The van der Waals surface area contributed by atoms with Gasteiger partial charge in [-0.05, 0) is 44.1 Å². The van der Waals surface area contributed by atoms with Crippen LogP contribution in [0, 0.1) is 0 Å². The number of ether oxygens (including phenoxy) is 1. The van der Waals surface area contributed by atoms with Gasteiger partial charge in [-0.3, -0.25) is 0 Å². The first kappa shape index (κ1) is 13.9. The number of benzene rings is 1. The number of esters is 1. The van der Waals surface area contributed by atoms with E-state index in [0.717, 1.165) is 19.3 Å². The number of hydrogen-bond acceptors (Lipinski definition) is 2. The molecule has 0 spiro atoms. The van der Waals surface area contributed by atoms with E-state index < -0.39 is 0 Å². The molecule has 0 amide bonds. The topological polar surface area (TPSA) is 26.3 Å².